The number of likely N-dealkylation sites (tertiary alicyclic amines) is 1. The number of aliphatic hydroxyl groups is 3. The van der Waals surface area contributed by atoms with Crippen LogP contribution in [0.1, 0.15) is 71.1 Å². The summed E-state index contributed by atoms with van der Waals surface area (Å²) in [5.74, 6) is 0.596. The van der Waals surface area contributed by atoms with Crippen molar-refractivity contribution in [1.82, 2.24) is 20.9 Å². The van der Waals surface area contributed by atoms with Gasteiger partial charge in [0.05, 0.1) is 18.3 Å². The van der Waals surface area contributed by atoms with E-state index in [-0.39, 0.29) is 36.3 Å². The molecule has 6 N–H and O–H groups in total. The summed E-state index contributed by atoms with van der Waals surface area (Å²) >= 11 is 0. The zero-order valence-corrected chi connectivity index (χ0v) is 24.1. The molecule has 8 nitrogen and oxygen atoms in total. The van der Waals surface area contributed by atoms with E-state index in [1.54, 1.807) is 0 Å². The van der Waals surface area contributed by atoms with E-state index in [0.29, 0.717) is 31.8 Å². The summed E-state index contributed by atoms with van der Waals surface area (Å²) < 4.78 is 21.0. The van der Waals surface area contributed by atoms with Crippen LogP contribution >= 0.6 is 0 Å². The quantitative estimate of drug-likeness (QED) is 0.168. The second-order valence-corrected chi connectivity index (χ2v) is 12.8. The molecule has 5 rings (SSSR count). The highest BCUT2D eigenvalue weighted by atomic mass is 19.1. The van der Waals surface area contributed by atoms with Crippen LogP contribution in [0.15, 0.2) is 35.6 Å². The van der Waals surface area contributed by atoms with Crippen molar-refractivity contribution in [2.75, 3.05) is 26.2 Å². The predicted octanol–water partition coefficient (Wildman–Crippen LogP) is 2.47. The van der Waals surface area contributed by atoms with Crippen molar-refractivity contribution in [2.45, 2.75) is 120 Å². The molecule has 40 heavy (non-hydrogen) atoms. The average molecular weight is 563 g/mol. The molecule has 226 valence electrons. The van der Waals surface area contributed by atoms with Gasteiger partial charge >= 0.3 is 0 Å². The number of β-amino-alcohol motifs (C(OH)–C–C–N with tert-alkyl or cyclic N) is 1. The molecular formula is C31H51FN4O4. The fraction of sp³-hybridized carbons (Fsp3) is 0.806. The first-order valence-corrected chi connectivity index (χ1v) is 15.7. The van der Waals surface area contributed by atoms with Crippen molar-refractivity contribution in [2.24, 2.45) is 11.8 Å². The summed E-state index contributed by atoms with van der Waals surface area (Å²) in [6, 6.07) is 0.509. The zero-order chi connectivity index (χ0) is 28.1. The number of hydrogen-bond donors (Lipinski definition) is 6. The number of aliphatic hydroxyl groups excluding tert-OH is 3. The van der Waals surface area contributed by atoms with Gasteiger partial charge in [0.1, 0.15) is 18.6 Å². The molecule has 0 radical (unpaired) electrons. The molecule has 3 aliphatic heterocycles. The highest BCUT2D eigenvalue weighted by Crippen LogP contribution is 2.35. The largest absolute Gasteiger partial charge is 0.392 e. The zero-order valence-electron chi connectivity index (χ0n) is 24.1. The lowest BCUT2D eigenvalue weighted by Gasteiger charge is -2.34. The van der Waals surface area contributed by atoms with E-state index in [4.69, 9.17) is 4.74 Å². The standard InChI is InChI=1S/C31H51FN4O4/c1-20-4-9-27(32)26(15-20)21-5-7-24(8-6-21)40-25-10-13-33-29(17-25)28-16-22(18-35-28)31(39)34-12-2-3-30(38)36-14-11-23(37)19-36/h5,10,13,15,20,22-25,27-31,33-35,37-39H,2-4,6-9,11-12,14,16-19H2,1H3/t20?,22?,23-,24-,25?,27+,28?,29?,30?,31?/m1/s1. The Kier molecular flexibility index (Phi) is 10.7. The smallest absolute Gasteiger partial charge is 0.125 e. The number of halogens is 1. The molecule has 2 fully saturated rings. The number of rotatable bonds is 11. The Morgan fingerprint density at radius 2 is 2.05 bits per heavy atom. The second kappa shape index (κ2) is 14.2. The molecule has 0 aromatic rings. The number of hydrogen-bond acceptors (Lipinski definition) is 8. The molecule has 9 heteroatoms. The monoisotopic (exact) mass is 562 g/mol. The van der Waals surface area contributed by atoms with Crippen molar-refractivity contribution >= 4 is 0 Å². The molecule has 10 atom stereocenters. The maximum Gasteiger partial charge on any atom is 0.125 e. The highest BCUT2D eigenvalue weighted by molar-refractivity contribution is 5.37. The molecule has 5 aliphatic rings. The van der Waals surface area contributed by atoms with Crippen LogP contribution in [0.2, 0.25) is 0 Å². The number of ether oxygens (including phenoxy) is 1. The molecule has 7 unspecified atom stereocenters. The van der Waals surface area contributed by atoms with Gasteiger partial charge in [0, 0.05) is 37.6 Å². The van der Waals surface area contributed by atoms with E-state index in [0.717, 1.165) is 70.0 Å². The molecule has 2 aliphatic carbocycles. The first kappa shape index (κ1) is 30.1. The SMILES string of the molecule is CC1C=C(C2=CC[C@@H](OC3C=CNC(C4CC(C(O)NCCCC(O)N5CC[C@@H](O)C5)CN4)C3)CC2)[C@@H](F)CC1. The summed E-state index contributed by atoms with van der Waals surface area (Å²) in [6.45, 7) is 4.87. The van der Waals surface area contributed by atoms with Crippen molar-refractivity contribution < 1.29 is 24.4 Å². The summed E-state index contributed by atoms with van der Waals surface area (Å²) in [7, 11) is 0. The number of nitrogens with one attached hydrogen (secondary N) is 3. The van der Waals surface area contributed by atoms with E-state index in [9.17, 15) is 19.7 Å². The van der Waals surface area contributed by atoms with Gasteiger partial charge in [0.15, 0.2) is 0 Å². The topological polar surface area (TPSA) is 109 Å². The fourth-order valence-corrected chi connectivity index (χ4v) is 7.14. The van der Waals surface area contributed by atoms with Crippen LogP contribution in [0, 0.1) is 11.8 Å². The summed E-state index contributed by atoms with van der Waals surface area (Å²) in [5.41, 5.74) is 2.12. The molecule has 0 bridgehead atoms. The van der Waals surface area contributed by atoms with E-state index in [2.05, 4.69) is 41.1 Å². The summed E-state index contributed by atoms with van der Waals surface area (Å²) in [6.07, 6.45) is 14.6. The number of allylic oxidation sites excluding steroid dienone is 3. The average Bonchev–Trinajstić information content (AvgIpc) is 3.63. The third-order valence-electron chi connectivity index (χ3n) is 9.63. The lowest BCUT2D eigenvalue weighted by atomic mass is 9.82. The lowest BCUT2D eigenvalue weighted by Crippen LogP contribution is -2.47. The predicted molar refractivity (Wildman–Crippen MR) is 154 cm³/mol. The molecule has 0 aromatic carbocycles. The molecule has 0 saturated carbocycles. The lowest BCUT2D eigenvalue weighted by molar-refractivity contribution is -0.00463. The Bertz CT molecular complexity index is 916. The van der Waals surface area contributed by atoms with Gasteiger partial charge < -0.3 is 30.7 Å². The Balaban J connectivity index is 1.00. The first-order valence-electron chi connectivity index (χ1n) is 15.7. The van der Waals surface area contributed by atoms with Crippen molar-refractivity contribution in [1.29, 1.82) is 0 Å². The first-order chi connectivity index (χ1) is 19.4. The Morgan fingerprint density at radius 3 is 2.83 bits per heavy atom. The van der Waals surface area contributed by atoms with Gasteiger partial charge in [-0.1, -0.05) is 19.1 Å². The van der Waals surface area contributed by atoms with Gasteiger partial charge in [-0.2, -0.15) is 0 Å². The van der Waals surface area contributed by atoms with Crippen molar-refractivity contribution in [3.05, 3.63) is 35.6 Å². The maximum atomic E-state index is 14.5. The van der Waals surface area contributed by atoms with Crippen LogP contribution in [0.4, 0.5) is 4.39 Å². The minimum absolute atomic E-state index is 0.0566. The third-order valence-corrected chi connectivity index (χ3v) is 9.63. The van der Waals surface area contributed by atoms with Gasteiger partial charge in [-0.25, -0.2) is 4.39 Å². The van der Waals surface area contributed by atoms with Gasteiger partial charge in [-0.3, -0.25) is 10.2 Å². The van der Waals surface area contributed by atoms with Gasteiger partial charge in [-0.15, -0.1) is 0 Å². The molecule has 0 amide bonds. The van der Waals surface area contributed by atoms with E-state index in [1.807, 2.05) is 11.1 Å². The Hall–Kier alpha value is -1.33. The molecule has 0 spiro atoms. The van der Waals surface area contributed by atoms with Crippen LogP contribution in [0.5, 0.6) is 0 Å². The molecule has 2 saturated heterocycles. The third kappa shape index (κ3) is 7.94. The van der Waals surface area contributed by atoms with Crippen LogP contribution < -0.4 is 16.0 Å². The normalized spacial score (nSPS) is 38.5. The van der Waals surface area contributed by atoms with Gasteiger partial charge in [-0.05, 0) is 100 Å². The molecule has 3 heterocycles. The Labute approximate surface area is 239 Å². The summed E-state index contributed by atoms with van der Waals surface area (Å²) in [4.78, 5) is 1.92. The number of alkyl halides is 1. The van der Waals surface area contributed by atoms with Crippen LogP contribution in [0.25, 0.3) is 0 Å². The minimum atomic E-state index is -0.812. The van der Waals surface area contributed by atoms with E-state index < -0.39 is 18.6 Å². The fourth-order valence-electron chi connectivity index (χ4n) is 7.14. The summed E-state index contributed by atoms with van der Waals surface area (Å²) in [5, 5.41) is 41.1. The van der Waals surface area contributed by atoms with E-state index >= 15 is 0 Å². The molecule has 0 aromatic heterocycles. The highest BCUT2D eigenvalue weighted by Gasteiger charge is 2.36. The van der Waals surface area contributed by atoms with Gasteiger partial charge in [0.2, 0.25) is 0 Å². The molecular weight excluding hydrogens is 511 g/mol. The van der Waals surface area contributed by atoms with Crippen LogP contribution in [-0.2, 0) is 4.74 Å². The van der Waals surface area contributed by atoms with Gasteiger partial charge in [0.25, 0.3) is 0 Å². The van der Waals surface area contributed by atoms with Crippen molar-refractivity contribution in [3.8, 4) is 0 Å². The maximum absolute atomic E-state index is 14.5. The van der Waals surface area contributed by atoms with Crippen LogP contribution in [-0.4, -0.2) is 95.4 Å². The van der Waals surface area contributed by atoms with Crippen LogP contribution in [0.3, 0.4) is 0 Å². The van der Waals surface area contributed by atoms with Crippen molar-refractivity contribution in [3.63, 3.8) is 0 Å². The van der Waals surface area contributed by atoms with E-state index in [1.165, 1.54) is 5.57 Å². The second-order valence-electron chi connectivity index (χ2n) is 12.8. The number of nitrogens with zero attached hydrogens (tertiary/aromatic N) is 1. The minimum Gasteiger partial charge on any atom is -0.392 e. The Morgan fingerprint density at radius 1 is 1.18 bits per heavy atom.